The van der Waals surface area contributed by atoms with Gasteiger partial charge in [0.1, 0.15) is 5.75 Å². The molecular weight excluding hydrogens is 334 g/mol. The highest BCUT2D eigenvalue weighted by Gasteiger charge is 2.40. The third-order valence-electron chi connectivity index (χ3n) is 5.55. The van der Waals surface area contributed by atoms with Gasteiger partial charge in [0.2, 0.25) is 0 Å². The number of nitrogens with one attached hydrogen (secondary N) is 1. The molecular formula is C19H23N3O2S. The van der Waals surface area contributed by atoms with Crippen LogP contribution in [0, 0.1) is 5.92 Å². The van der Waals surface area contributed by atoms with Crippen LogP contribution in [0.3, 0.4) is 0 Å². The highest BCUT2D eigenvalue weighted by molar-refractivity contribution is 7.16. The Morgan fingerprint density at radius 1 is 1.28 bits per heavy atom. The van der Waals surface area contributed by atoms with E-state index in [1.54, 1.807) is 13.3 Å². The zero-order valence-corrected chi connectivity index (χ0v) is 15.4. The van der Waals surface area contributed by atoms with Crippen LogP contribution < -0.4 is 10.1 Å². The standard InChI is InChI=1S/C19H23N3O2S/c1-12-17(14-7-9-22(12)10-8-14)21-18(23)19-20-11-16(25-19)13-3-5-15(24-2)6-4-13/h3-6,11-12,14,17H,7-10H2,1-2H3,(H,21,23). The molecule has 0 spiro atoms. The number of rotatable bonds is 4. The summed E-state index contributed by atoms with van der Waals surface area (Å²) in [6.07, 6.45) is 4.15. The van der Waals surface area contributed by atoms with Gasteiger partial charge in [0.15, 0.2) is 5.01 Å². The Morgan fingerprint density at radius 3 is 2.64 bits per heavy atom. The molecule has 2 unspecified atom stereocenters. The van der Waals surface area contributed by atoms with Crippen LogP contribution in [0.5, 0.6) is 5.75 Å². The molecule has 3 aliphatic heterocycles. The Hall–Kier alpha value is -1.92. The summed E-state index contributed by atoms with van der Waals surface area (Å²) in [5, 5.41) is 3.78. The molecule has 0 aliphatic carbocycles. The highest BCUT2D eigenvalue weighted by Crippen LogP contribution is 2.33. The second kappa shape index (κ2) is 6.77. The van der Waals surface area contributed by atoms with Gasteiger partial charge in [0.25, 0.3) is 5.91 Å². The van der Waals surface area contributed by atoms with Gasteiger partial charge in [-0.15, -0.1) is 11.3 Å². The van der Waals surface area contributed by atoms with Crippen molar-refractivity contribution in [2.24, 2.45) is 5.92 Å². The Morgan fingerprint density at radius 2 is 2.00 bits per heavy atom. The molecule has 3 saturated heterocycles. The minimum absolute atomic E-state index is 0.0460. The summed E-state index contributed by atoms with van der Waals surface area (Å²) >= 11 is 1.44. The molecule has 3 aliphatic rings. The fourth-order valence-corrected chi connectivity index (χ4v) is 4.85. The van der Waals surface area contributed by atoms with Crippen molar-refractivity contribution in [3.8, 4) is 16.2 Å². The fourth-order valence-electron chi connectivity index (χ4n) is 4.03. The fraction of sp³-hybridized carbons (Fsp3) is 0.474. The molecule has 2 atom stereocenters. The van der Waals surface area contributed by atoms with Gasteiger partial charge < -0.3 is 10.1 Å². The Kier molecular flexibility index (Phi) is 4.48. The lowest BCUT2D eigenvalue weighted by atomic mass is 9.79. The van der Waals surface area contributed by atoms with Gasteiger partial charge >= 0.3 is 0 Å². The molecule has 6 heteroatoms. The van der Waals surface area contributed by atoms with Crippen LogP contribution in [0.15, 0.2) is 30.5 Å². The van der Waals surface area contributed by atoms with Crippen molar-refractivity contribution in [1.29, 1.82) is 0 Å². The van der Waals surface area contributed by atoms with E-state index in [1.165, 1.54) is 24.2 Å². The van der Waals surface area contributed by atoms with E-state index in [4.69, 9.17) is 4.74 Å². The second-order valence-corrected chi connectivity index (χ2v) is 7.90. The van der Waals surface area contributed by atoms with Gasteiger partial charge in [0, 0.05) is 18.3 Å². The predicted octanol–water partition coefficient (Wildman–Crippen LogP) is 3.03. The third-order valence-corrected chi connectivity index (χ3v) is 6.60. The SMILES string of the molecule is COc1ccc(-c2cnc(C(=O)NC3C4CCN(CC4)C3C)s2)cc1. The van der Waals surface area contributed by atoms with Crippen molar-refractivity contribution in [2.45, 2.75) is 31.8 Å². The number of ether oxygens (including phenoxy) is 1. The molecule has 1 amide bonds. The Labute approximate surface area is 152 Å². The van der Waals surface area contributed by atoms with Gasteiger partial charge in [-0.2, -0.15) is 0 Å². The van der Waals surface area contributed by atoms with E-state index in [1.807, 2.05) is 24.3 Å². The quantitative estimate of drug-likeness (QED) is 0.914. The number of thiazole rings is 1. The summed E-state index contributed by atoms with van der Waals surface area (Å²) in [6.45, 7) is 4.55. The van der Waals surface area contributed by atoms with Crippen LogP contribution >= 0.6 is 11.3 Å². The normalized spacial score (nSPS) is 27.9. The molecule has 0 radical (unpaired) electrons. The average molecular weight is 357 g/mol. The van der Waals surface area contributed by atoms with Crippen molar-refractivity contribution in [3.05, 3.63) is 35.5 Å². The molecule has 1 N–H and O–H groups in total. The maximum atomic E-state index is 12.7. The lowest BCUT2D eigenvalue weighted by Crippen LogP contribution is -2.62. The summed E-state index contributed by atoms with van der Waals surface area (Å²) < 4.78 is 5.19. The molecule has 0 saturated carbocycles. The number of hydrogen-bond donors (Lipinski definition) is 1. The van der Waals surface area contributed by atoms with E-state index < -0.39 is 0 Å². The van der Waals surface area contributed by atoms with E-state index in [0.717, 1.165) is 29.3 Å². The summed E-state index contributed by atoms with van der Waals surface area (Å²) in [7, 11) is 1.65. The number of hydrogen-bond acceptors (Lipinski definition) is 5. The monoisotopic (exact) mass is 357 g/mol. The maximum Gasteiger partial charge on any atom is 0.280 e. The summed E-state index contributed by atoms with van der Waals surface area (Å²) in [4.78, 5) is 20.5. The number of piperidine rings is 3. The first-order valence-electron chi connectivity index (χ1n) is 8.81. The van der Waals surface area contributed by atoms with Crippen molar-refractivity contribution in [1.82, 2.24) is 15.2 Å². The number of aromatic nitrogens is 1. The van der Waals surface area contributed by atoms with Crippen LogP contribution in [0.1, 0.15) is 29.6 Å². The molecule has 132 valence electrons. The number of carbonyl (C=O) groups excluding carboxylic acids is 1. The second-order valence-electron chi connectivity index (χ2n) is 6.87. The van der Waals surface area contributed by atoms with Crippen LogP contribution in [0.2, 0.25) is 0 Å². The molecule has 2 bridgehead atoms. The number of amides is 1. The van der Waals surface area contributed by atoms with Gasteiger partial charge in [-0.1, -0.05) is 0 Å². The van der Waals surface area contributed by atoms with Crippen LogP contribution in [-0.2, 0) is 0 Å². The van der Waals surface area contributed by atoms with Gasteiger partial charge in [-0.3, -0.25) is 9.69 Å². The molecule has 5 nitrogen and oxygen atoms in total. The molecule has 5 rings (SSSR count). The van der Waals surface area contributed by atoms with Crippen molar-refractivity contribution >= 4 is 17.2 Å². The summed E-state index contributed by atoms with van der Waals surface area (Å²) in [6, 6.07) is 8.47. The van der Waals surface area contributed by atoms with Gasteiger partial charge in [-0.25, -0.2) is 4.98 Å². The largest absolute Gasteiger partial charge is 0.497 e. The number of nitrogens with zero attached hydrogens (tertiary/aromatic N) is 2. The van der Waals surface area contributed by atoms with E-state index in [-0.39, 0.29) is 11.9 Å². The van der Waals surface area contributed by atoms with Crippen LogP contribution in [0.25, 0.3) is 10.4 Å². The smallest absolute Gasteiger partial charge is 0.280 e. The lowest BCUT2D eigenvalue weighted by Gasteiger charge is -2.49. The molecule has 2 aromatic rings. The van der Waals surface area contributed by atoms with Crippen molar-refractivity contribution in [3.63, 3.8) is 0 Å². The first-order valence-corrected chi connectivity index (χ1v) is 9.62. The topological polar surface area (TPSA) is 54.5 Å². The molecule has 4 heterocycles. The number of methoxy groups -OCH3 is 1. The van der Waals surface area contributed by atoms with Crippen LogP contribution in [-0.4, -0.2) is 48.1 Å². The number of fused-ring (bicyclic) bond motifs is 3. The minimum Gasteiger partial charge on any atom is -0.497 e. The lowest BCUT2D eigenvalue weighted by molar-refractivity contribution is 0.0217. The maximum absolute atomic E-state index is 12.7. The zero-order valence-electron chi connectivity index (χ0n) is 14.6. The average Bonchev–Trinajstić information content (AvgIpc) is 3.15. The Bertz CT molecular complexity index is 748. The molecule has 1 aromatic carbocycles. The van der Waals surface area contributed by atoms with E-state index >= 15 is 0 Å². The summed E-state index contributed by atoms with van der Waals surface area (Å²) in [5.41, 5.74) is 1.05. The van der Waals surface area contributed by atoms with E-state index in [9.17, 15) is 4.79 Å². The van der Waals surface area contributed by atoms with E-state index in [0.29, 0.717) is 17.0 Å². The predicted molar refractivity (Wildman–Crippen MR) is 99.1 cm³/mol. The Balaban J connectivity index is 1.47. The highest BCUT2D eigenvalue weighted by atomic mass is 32.1. The van der Waals surface area contributed by atoms with Gasteiger partial charge in [0.05, 0.1) is 12.0 Å². The first kappa shape index (κ1) is 16.5. The van der Waals surface area contributed by atoms with E-state index in [2.05, 4.69) is 22.1 Å². The minimum atomic E-state index is -0.0460. The molecule has 25 heavy (non-hydrogen) atoms. The number of benzene rings is 1. The van der Waals surface area contributed by atoms with Crippen molar-refractivity contribution < 1.29 is 9.53 Å². The third kappa shape index (κ3) is 3.16. The zero-order chi connectivity index (χ0) is 17.4. The van der Waals surface area contributed by atoms with Crippen molar-refractivity contribution in [2.75, 3.05) is 20.2 Å². The first-order chi connectivity index (χ1) is 12.2. The summed E-state index contributed by atoms with van der Waals surface area (Å²) in [5.74, 6) is 1.38. The molecule has 3 fully saturated rings. The number of carbonyl (C=O) groups is 1. The molecule has 1 aromatic heterocycles. The van der Waals surface area contributed by atoms with Gasteiger partial charge in [-0.05, 0) is 68.6 Å². The van der Waals surface area contributed by atoms with Crippen LogP contribution in [0.4, 0.5) is 0 Å².